The molecule has 5 nitrogen and oxygen atoms in total. The molecule has 1 fully saturated rings. The molecule has 1 saturated heterocycles. The van der Waals surface area contributed by atoms with Gasteiger partial charge in [-0.1, -0.05) is 0 Å². The van der Waals surface area contributed by atoms with Crippen LogP contribution < -0.4 is 4.90 Å². The highest BCUT2D eigenvalue weighted by atomic mass is 32.2. The Labute approximate surface area is 117 Å². The topological polar surface area (TPSA) is 55.3 Å². The first kappa shape index (κ1) is 14.1. The Hall–Kier alpha value is -1.30. The Kier molecular flexibility index (Phi) is 4.29. The van der Waals surface area contributed by atoms with Crippen LogP contribution in [0.1, 0.15) is 31.1 Å². The van der Waals surface area contributed by atoms with Gasteiger partial charge in [0, 0.05) is 37.0 Å². The molecule has 19 heavy (non-hydrogen) atoms. The summed E-state index contributed by atoms with van der Waals surface area (Å²) >= 11 is 1.94. The van der Waals surface area contributed by atoms with Crippen molar-refractivity contribution in [2.45, 2.75) is 26.4 Å². The minimum atomic E-state index is -0.500. The summed E-state index contributed by atoms with van der Waals surface area (Å²) in [4.78, 5) is 22.5. The SMILES string of the molecule is CC(C)(C)OC(=O)c1cnc(N2CCSCC2)nc1. The molecule has 6 heteroatoms. The Morgan fingerprint density at radius 3 is 2.37 bits per heavy atom. The van der Waals surface area contributed by atoms with Gasteiger partial charge in [-0.3, -0.25) is 0 Å². The summed E-state index contributed by atoms with van der Waals surface area (Å²) in [5.41, 5.74) is -0.107. The van der Waals surface area contributed by atoms with Crippen molar-refractivity contribution in [2.24, 2.45) is 0 Å². The van der Waals surface area contributed by atoms with Gasteiger partial charge in [-0.15, -0.1) is 0 Å². The molecule has 0 radical (unpaired) electrons. The lowest BCUT2D eigenvalue weighted by Crippen LogP contribution is -2.33. The summed E-state index contributed by atoms with van der Waals surface area (Å²) in [6, 6.07) is 0. The minimum Gasteiger partial charge on any atom is -0.456 e. The normalized spacial score (nSPS) is 16.3. The van der Waals surface area contributed by atoms with Crippen molar-refractivity contribution < 1.29 is 9.53 Å². The van der Waals surface area contributed by atoms with Gasteiger partial charge < -0.3 is 9.64 Å². The van der Waals surface area contributed by atoms with Crippen LogP contribution in [0.15, 0.2) is 12.4 Å². The molecular weight excluding hydrogens is 262 g/mol. The second-order valence-electron chi connectivity index (χ2n) is 5.37. The van der Waals surface area contributed by atoms with Crippen LogP contribution in [-0.4, -0.2) is 46.1 Å². The molecule has 0 aliphatic carbocycles. The van der Waals surface area contributed by atoms with E-state index in [-0.39, 0.29) is 5.97 Å². The van der Waals surface area contributed by atoms with E-state index in [0.29, 0.717) is 11.5 Å². The zero-order valence-corrected chi connectivity index (χ0v) is 12.4. The molecular formula is C13H19N3O2S. The number of ether oxygens (including phenoxy) is 1. The van der Waals surface area contributed by atoms with E-state index in [4.69, 9.17) is 4.74 Å². The third-order valence-electron chi connectivity index (χ3n) is 2.57. The van der Waals surface area contributed by atoms with Gasteiger partial charge in [0.05, 0.1) is 5.56 Å². The molecule has 0 aromatic carbocycles. The van der Waals surface area contributed by atoms with Gasteiger partial charge in [0.2, 0.25) is 5.95 Å². The molecule has 0 N–H and O–H groups in total. The van der Waals surface area contributed by atoms with Crippen LogP contribution in [0.5, 0.6) is 0 Å². The summed E-state index contributed by atoms with van der Waals surface area (Å²) in [6.45, 7) is 7.43. The molecule has 104 valence electrons. The zero-order valence-electron chi connectivity index (χ0n) is 11.5. The Balaban J connectivity index is 2.03. The van der Waals surface area contributed by atoms with Crippen molar-refractivity contribution in [1.29, 1.82) is 0 Å². The second kappa shape index (κ2) is 5.77. The molecule has 0 unspecified atom stereocenters. The van der Waals surface area contributed by atoms with E-state index in [1.54, 1.807) is 0 Å². The first-order valence-electron chi connectivity index (χ1n) is 6.34. The first-order valence-corrected chi connectivity index (χ1v) is 7.49. The van der Waals surface area contributed by atoms with Crippen LogP contribution in [0.25, 0.3) is 0 Å². The number of esters is 1. The van der Waals surface area contributed by atoms with Crippen molar-refractivity contribution in [1.82, 2.24) is 9.97 Å². The Bertz CT molecular complexity index is 436. The molecule has 2 rings (SSSR count). The lowest BCUT2D eigenvalue weighted by Gasteiger charge is -2.26. The number of hydrogen-bond donors (Lipinski definition) is 0. The molecule has 0 saturated carbocycles. The van der Waals surface area contributed by atoms with Crippen molar-refractivity contribution in [3.63, 3.8) is 0 Å². The van der Waals surface area contributed by atoms with Crippen molar-refractivity contribution in [3.8, 4) is 0 Å². The fourth-order valence-corrected chi connectivity index (χ4v) is 2.59. The fourth-order valence-electron chi connectivity index (χ4n) is 1.69. The monoisotopic (exact) mass is 281 g/mol. The van der Waals surface area contributed by atoms with Gasteiger partial charge >= 0.3 is 5.97 Å². The maximum absolute atomic E-state index is 11.8. The highest BCUT2D eigenvalue weighted by Crippen LogP contribution is 2.16. The van der Waals surface area contributed by atoms with Crippen LogP contribution in [0.2, 0.25) is 0 Å². The third-order valence-corrected chi connectivity index (χ3v) is 3.51. The predicted molar refractivity (Wildman–Crippen MR) is 76.7 cm³/mol. The van der Waals surface area contributed by atoms with E-state index in [9.17, 15) is 4.79 Å². The number of aromatic nitrogens is 2. The molecule has 0 amide bonds. The summed E-state index contributed by atoms with van der Waals surface area (Å²) < 4.78 is 5.27. The Morgan fingerprint density at radius 1 is 1.26 bits per heavy atom. The average Bonchev–Trinajstić information content (AvgIpc) is 2.38. The summed E-state index contributed by atoms with van der Waals surface area (Å²) in [5.74, 6) is 2.50. The molecule has 0 bridgehead atoms. The number of carbonyl (C=O) groups is 1. The van der Waals surface area contributed by atoms with Crippen molar-refractivity contribution in [2.75, 3.05) is 29.5 Å². The van der Waals surface area contributed by atoms with Gasteiger partial charge in [-0.05, 0) is 20.8 Å². The molecule has 0 spiro atoms. The average molecular weight is 281 g/mol. The van der Waals surface area contributed by atoms with Crippen LogP contribution >= 0.6 is 11.8 Å². The number of rotatable bonds is 2. The second-order valence-corrected chi connectivity index (χ2v) is 6.60. The standard InChI is InChI=1S/C13H19N3O2S/c1-13(2,3)18-11(17)10-8-14-12(15-9-10)16-4-6-19-7-5-16/h8-9H,4-7H2,1-3H3. The molecule has 1 aliphatic rings. The number of anilines is 1. The van der Waals surface area contributed by atoms with E-state index < -0.39 is 5.60 Å². The minimum absolute atomic E-state index is 0.381. The molecule has 1 aromatic rings. The van der Waals surface area contributed by atoms with Gasteiger partial charge in [-0.25, -0.2) is 14.8 Å². The van der Waals surface area contributed by atoms with Crippen LogP contribution in [-0.2, 0) is 4.74 Å². The summed E-state index contributed by atoms with van der Waals surface area (Å²) in [5, 5.41) is 0. The van der Waals surface area contributed by atoms with Gasteiger partial charge in [-0.2, -0.15) is 11.8 Å². The van der Waals surface area contributed by atoms with Gasteiger partial charge in [0.25, 0.3) is 0 Å². The predicted octanol–water partition coefficient (Wildman–Crippen LogP) is 1.99. The third kappa shape index (κ3) is 4.09. The lowest BCUT2D eigenvalue weighted by molar-refractivity contribution is 0.00686. The van der Waals surface area contributed by atoms with Gasteiger partial charge in [0.1, 0.15) is 5.60 Å². The van der Waals surface area contributed by atoms with Crippen LogP contribution in [0, 0.1) is 0 Å². The lowest BCUT2D eigenvalue weighted by atomic mass is 10.2. The highest BCUT2D eigenvalue weighted by molar-refractivity contribution is 7.99. The fraction of sp³-hybridized carbons (Fsp3) is 0.615. The van der Waals surface area contributed by atoms with Crippen molar-refractivity contribution in [3.05, 3.63) is 18.0 Å². The van der Waals surface area contributed by atoms with E-state index in [0.717, 1.165) is 24.6 Å². The highest BCUT2D eigenvalue weighted by Gasteiger charge is 2.19. The van der Waals surface area contributed by atoms with Crippen molar-refractivity contribution >= 4 is 23.7 Å². The Morgan fingerprint density at radius 2 is 1.84 bits per heavy atom. The quantitative estimate of drug-likeness (QED) is 0.773. The zero-order chi connectivity index (χ0) is 13.9. The van der Waals surface area contributed by atoms with E-state index >= 15 is 0 Å². The molecule has 1 aromatic heterocycles. The molecule has 2 heterocycles. The van der Waals surface area contributed by atoms with E-state index in [1.165, 1.54) is 12.4 Å². The van der Waals surface area contributed by atoms with Crippen LogP contribution in [0.4, 0.5) is 5.95 Å². The smallest absolute Gasteiger partial charge is 0.341 e. The largest absolute Gasteiger partial charge is 0.456 e. The van der Waals surface area contributed by atoms with E-state index in [1.807, 2.05) is 32.5 Å². The number of nitrogens with zero attached hydrogens (tertiary/aromatic N) is 3. The maximum atomic E-state index is 11.8. The summed E-state index contributed by atoms with van der Waals surface area (Å²) in [7, 11) is 0. The summed E-state index contributed by atoms with van der Waals surface area (Å²) in [6.07, 6.45) is 3.08. The maximum Gasteiger partial charge on any atom is 0.341 e. The first-order chi connectivity index (χ1) is 8.96. The molecule has 1 aliphatic heterocycles. The van der Waals surface area contributed by atoms with Gasteiger partial charge in [0.15, 0.2) is 0 Å². The van der Waals surface area contributed by atoms with Crippen LogP contribution in [0.3, 0.4) is 0 Å². The van der Waals surface area contributed by atoms with E-state index in [2.05, 4.69) is 14.9 Å². The number of carbonyl (C=O) groups excluding carboxylic acids is 1. The molecule has 0 atom stereocenters. The number of hydrogen-bond acceptors (Lipinski definition) is 6. The number of thioether (sulfide) groups is 1.